The molecule has 3 aromatic rings. The zero-order chi connectivity index (χ0) is 25.6. The number of halogens is 2. The van der Waals surface area contributed by atoms with Crippen LogP contribution in [0.15, 0.2) is 46.4 Å². The molecule has 0 saturated carbocycles. The molecule has 6 heteroatoms. The van der Waals surface area contributed by atoms with Crippen LogP contribution in [0.5, 0.6) is 0 Å². The number of benzene rings is 2. The van der Waals surface area contributed by atoms with Crippen molar-refractivity contribution in [3.63, 3.8) is 0 Å². The fraction of sp³-hybridized carbons (Fsp3) is 0.321. The topological polar surface area (TPSA) is 37.6 Å². The summed E-state index contributed by atoms with van der Waals surface area (Å²) in [5.41, 5.74) is 14.1. The first-order chi connectivity index (χ1) is 16.0. The van der Waals surface area contributed by atoms with Crippen LogP contribution in [0, 0.1) is 48.5 Å². The molecule has 0 spiro atoms. The van der Waals surface area contributed by atoms with Gasteiger partial charge in [-0.25, -0.2) is 4.98 Å². The Morgan fingerprint density at radius 1 is 0.588 bits per heavy atom. The normalized spacial score (nSPS) is 12.0. The summed E-state index contributed by atoms with van der Waals surface area (Å²) in [5.74, 6) is 0. The third-order valence-electron chi connectivity index (χ3n) is 5.54. The summed E-state index contributed by atoms with van der Waals surface area (Å²) < 4.78 is 0. The molecule has 1 heterocycles. The first-order valence-electron chi connectivity index (χ1n) is 11.1. The average molecular weight is 538 g/mol. The van der Waals surface area contributed by atoms with E-state index >= 15 is 0 Å². The Labute approximate surface area is 219 Å². The van der Waals surface area contributed by atoms with Crippen LogP contribution in [0.2, 0.25) is 0 Å². The quantitative estimate of drug-likeness (QED) is 0.242. The first kappa shape index (κ1) is 28.3. The van der Waals surface area contributed by atoms with Gasteiger partial charge in [0.15, 0.2) is 0 Å². The maximum atomic E-state index is 4.95. The second-order valence-electron chi connectivity index (χ2n) is 8.85. The number of nitrogens with zero attached hydrogens (tertiary/aromatic N) is 3. The van der Waals surface area contributed by atoms with Crippen LogP contribution in [0.1, 0.15) is 64.2 Å². The summed E-state index contributed by atoms with van der Waals surface area (Å²) in [6.45, 7) is 18.9. The second-order valence-corrected chi connectivity index (χ2v) is 10.7. The van der Waals surface area contributed by atoms with Crippen LogP contribution in [-0.2, 0) is 13.1 Å². The number of rotatable bonds is 4. The van der Waals surface area contributed by atoms with Gasteiger partial charge in [-0.3, -0.25) is 9.98 Å². The Morgan fingerprint density at radius 3 is 1.15 bits per heavy atom. The van der Waals surface area contributed by atoms with Gasteiger partial charge in [0.2, 0.25) is 0 Å². The minimum absolute atomic E-state index is 0.194. The van der Waals surface area contributed by atoms with Crippen molar-refractivity contribution < 1.29 is 13.1 Å². The summed E-state index contributed by atoms with van der Waals surface area (Å²) >= 11 is 0.194. The van der Waals surface area contributed by atoms with E-state index in [1.807, 2.05) is 13.8 Å². The molecule has 0 fully saturated rings. The molecule has 0 N–H and O–H groups in total. The van der Waals surface area contributed by atoms with E-state index in [9.17, 15) is 0 Å². The Balaban J connectivity index is 0.00000129. The predicted octanol–water partition coefficient (Wildman–Crippen LogP) is 8.90. The molecule has 34 heavy (non-hydrogen) atoms. The van der Waals surface area contributed by atoms with Gasteiger partial charge in [-0.05, 0) is 102 Å². The van der Waals surface area contributed by atoms with Crippen LogP contribution in [0.25, 0.3) is 0 Å². The molecule has 0 amide bonds. The fourth-order valence-electron chi connectivity index (χ4n) is 4.19. The van der Waals surface area contributed by atoms with Crippen molar-refractivity contribution >= 4 is 43.0 Å². The molecular weight excluding hydrogens is 505 g/mol. The number of pyridine rings is 1. The van der Waals surface area contributed by atoms with E-state index in [4.69, 9.17) is 35.2 Å². The Bertz CT molecular complexity index is 1110. The van der Waals surface area contributed by atoms with Gasteiger partial charge < -0.3 is 0 Å². The zero-order valence-corrected chi connectivity index (χ0v) is 24.0. The van der Waals surface area contributed by atoms with Gasteiger partial charge >= 0.3 is 33.3 Å². The van der Waals surface area contributed by atoms with Crippen molar-refractivity contribution in [2.75, 3.05) is 0 Å². The van der Waals surface area contributed by atoms with Crippen molar-refractivity contribution in [3.8, 4) is 0 Å². The molecule has 2 aromatic carbocycles. The number of hydrogen-bond donors (Lipinski definition) is 0. The van der Waals surface area contributed by atoms with E-state index in [-0.39, 0.29) is 13.1 Å². The van der Waals surface area contributed by atoms with E-state index in [1.54, 1.807) is 0 Å². The van der Waals surface area contributed by atoms with Crippen molar-refractivity contribution in [2.45, 2.75) is 62.3 Å². The van der Waals surface area contributed by atoms with Gasteiger partial charge in [-0.1, -0.05) is 35.4 Å². The molecule has 0 aliphatic heterocycles. The molecule has 0 aliphatic carbocycles. The molecule has 0 atom stereocenters. The number of aromatic nitrogens is 1. The Kier molecular flexibility index (Phi) is 10.5. The molecule has 0 saturated heterocycles. The third kappa shape index (κ3) is 7.51. The number of aryl methyl sites for hydroxylation is 7. The first-order valence-corrected chi connectivity index (χ1v) is 14.1. The van der Waals surface area contributed by atoms with Crippen LogP contribution in [0.4, 0.5) is 11.4 Å². The van der Waals surface area contributed by atoms with E-state index in [1.165, 1.54) is 33.4 Å². The molecule has 0 radical (unpaired) electrons. The monoisotopic (exact) mass is 537 g/mol. The van der Waals surface area contributed by atoms with Crippen molar-refractivity contribution in [1.29, 1.82) is 0 Å². The summed E-state index contributed by atoms with van der Waals surface area (Å²) in [4.78, 5) is 14.8. The maximum absolute atomic E-state index is 4.95. The molecule has 182 valence electrons. The Hall–Kier alpha value is -1.97. The van der Waals surface area contributed by atoms with Crippen molar-refractivity contribution in [2.24, 2.45) is 9.98 Å². The van der Waals surface area contributed by atoms with Crippen molar-refractivity contribution in [3.05, 3.63) is 86.7 Å². The van der Waals surface area contributed by atoms with Gasteiger partial charge in [0, 0.05) is 0 Å². The van der Waals surface area contributed by atoms with Gasteiger partial charge in [-0.15, -0.1) is 0 Å². The zero-order valence-electron chi connectivity index (χ0n) is 21.4. The fourth-order valence-corrected chi connectivity index (χ4v) is 4.19. The standard InChI is InChI=1S/C28H33N3.2ClH.Fe/c1-16-10-19(4)27(20(5)11-16)29-23(8)25-14-18(3)15-26(31-25)24(9)30-28-21(6)12-17(2)13-22(28)7;;;/h10-15H,1-9H3;2*1H;/q;;;+2/p-2. The summed E-state index contributed by atoms with van der Waals surface area (Å²) in [5, 5.41) is 0. The SMILES string of the molecule is CC(=Nc1c(C)cc(C)cc1C)c1cc(C)cc(C(C)=Nc2c(C)cc(C)cc2C)n1.[Cl][Fe][Cl]. The van der Waals surface area contributed by atoms with Crippen LogP contribution >= 0.6 is 20.2 Å². The average Bonchev–Trinajstić information content (AvgIpc) is 2.73. The molecule has 3 rings (SSSR count). The molecular formula is C28H33Cl2FeN3. The second kappa shape index (κ2) is 12.7. The molecule has 1 aromatic heterocycles. The predicted molar refractivity (Wildman–Crippen MR) is 146 cm³/mol. The number of hydrogen-bond acceptors (Lipinski definition) is 3. The van der Waals surface area contributed by atoms with E-state index < -0.39 is 0 Å². The van der Waals surface area contributed by atoms with Crippen LogP contribution in [0.3, 0.4) is 0 Å². The molecule has 0 aliphatic rings. The van der Waals surface area contributed by atoms with E-state index in [0.29, 0.717) is 0 Å². The number of aliphatic imine (C=N–C) groups is 2. The summed E-state index contributed by atoms with van der Waals surface area (Å²) in [6.07, 6.45) is 0. The Morgan fingerprint density at radius 2 is 0.853 bits per heavy atom. The minimum atomic E-state index is 0.194. The van der Waals surface area contributed by atoms with Gasteiger partial charge in [-0.2, -0.15) is 0 Å². The van der Waals surface area contributed by atoms with Crippen LogP contribution < -0.4 is 0 Å². The third-order valence-corrected chi connectivity index (χ3v) is 5.54. The van der Waals surface area contributed by atoms with Gasteiger partial charge in [0.25, 0.3) is 0 Å². The van der Waals surface area contributed by atoms with E-state index in [2.05, 4.69) is 84.9 Å². The van der Waals surface area contributed by atoms with Gasteiger partial charge in [0.05, 0.1) is 34.2 Å². The summed E-state index contributed by atoms with van der Waals surface area (Å²) in [6, 6.07) is 12.9. The molecule has 3 nitrogen and oxygen atoms in total. The molecule has 0 bridgehead atoms. The van der Waals surface area contributed by atoms with Crippen molar-refractivity contribution in [1.82, 2.24) is 4.98 Å². The van der Waals surface area contributed by atoms with Crippen LogP contribution in [-0.4, -0.2) is 16.4 Å². The summed E-state index contributed by atoms with van der Waals surface area (Å²) in [7, 11) is 9.53. The van der Waals surface area contributed by atoms with Gasteiger partial charge in [0.1, 0.15) is 0 Å². The van der Waals surface area contributed by atoms with E-state index in [0.717, 1.165) is 39.7 Å². The molecule has 0 unspecified atom stereocenters.